The summed E-state index contributed by atoms with van der Waals surface area (Å²) in [6.45, 7) is 1.52. The van der Waals surface area contributed by atoms with Crippen molar-refractivity contribution in [1.82, 2.24) is 0 Å². The molecule has 0 aliphatic carbocycles. The SMILES string of the molecule is CC1(N)OC(=O)c2ccc(F)cc21. The number of rotatable bonds is 0. The van der Waals surface area contributed by atoms with Crippen molar-refractivity contribution in [3.63, 3.8) is 0 Å². The third kappa shape index (κ3) is 1.10. The highest BCUT2D eigenvalue weighted by molar-refractivity contribution is 5.94. The zero-order chi connectivity index (χ0) is 9.64. The summed E-state index contributed by atoms with van der Waals surface area (Å²) in [6, 6.07) is 3.81. The zero-order valence-corrected chi connectivity index (χ0v) is 7.00. The van der Waals surface area contributed by atoms with Gasteiger partial charge < -0.3 is 4.74 Å². The topological polar surface area (TPSA) is 52.3 Å². The van der Waals surface area contributed by atoms with Crippen molar-refractivity contribution in [2.75, 3.05) is 0 Å². The van der Waals surface area contributed by atoms with Crippen LogP contribution in [0, 0.1) is 5.82 Å². The predicted molar refractivity (Wildman–Crippen MR) is 43.4 cm³/mol. The van der Waals surface area contributed by atoms with Crippen LogP contribution in [-0.2, 0) is 10.5 Å². The highest BCUT2D eigenvalue weighted by atomic mass is 19.1. The Morgan fingerprint density at radius 1 is 1.54 bits per heavy atom. The summed E-state index contributed by atoms with van der Waals surface area (Å²) in [4.78, 5) is 11.2. The summed E-state index contributed by atoms with van der Waals surface area (Å²) in [6.07, 6.45) is 0. The van der Waals surface area contributed by atoms with E-state index in [2.05, 4.69) is 0 Å². The summed E-state index contributed by atoms with van der Waals surface area (Å²) >= 11 is 0. The van der Waals surface area contributed by atoms with Crippen LogP contribution in [0.15, 0.2) is 18.2 Å². The summed E-state index contributed by atoms with van der Waals surface area (Å²) in [5.74, 6) is -0.922. The molecule has 13 heavy (non-hydrogen) atoms. The molecule has 1 aromatic rings. The van der Waals surface area contributed by atoms with Crippen molar-refractivity contribution in [2.24, 2.45) is 5.73 Å². The smallest absolute Gasteiger partial charge is 0.340 e. The largest absolute Gasteiger partial charge is 0.436 e. The summed E-state index contributed by atoms with van der Waals surface area (Å²) < 4.78 is 17.7. The van der Waals surface area contributed by atoms with Gasteiger partial charge in [0, 0.05) is 5.56 Å². The number of hydrogen-bond acceptors (Lipinski definition) is 3. The van der Waals surface area contributed by atoms with Gasteiger partial charge in [0.2, 0.25) is 0 Å². The number of hydrogen-bond donors (Lipinski definition) is 1. The first-order valence-electron chi connectivity index (χ1n) is 3.83. The Labute approximate surface area is 74.3 Å². The Bertz CT molecular complexity index is 387. The number of fused-ring (bicyclic) bond motifs is 1. The molecular formula is C9H8FNO2. The van der Waals surface area contributed by atoms with E-state index < -0.39 is 17.5 Å². The van der Waals surface area contributed by atoms with E-state index in [9.17, 15) is 9.18 Å². The van der Waals surface area contributed by atoms with Crippen LogP contribution < -0.4 is 5.73 Å². The third-order valence-corrected chi connectivity index (χ3v) is 2.04. The minimum Gasteiger partial charge on any atom is -0.436 e. The van der Waals surface area contributed by atoms with Gasteiger partial charge in [-0.2, -0.15) is 0 Å². The normalized spacial score (nSPS) is 25.6. The zero-order valence-electron chi connectivity index (χ0n) is 7.00. The van der Waals surface area contributed by atoms with Crippen LogP contribution in [0.3, 0.4) is 0 Å². The second kappa shape index (κ2) is 2.29. The summed E-state index contributed by atoms with van der Waals surface area (Å²) in [5.41, 5.74) is 5.18. The van der Waals surface area contributed by atoms with Gasteiger partial charge in [0.15, 0.2) is 5.72 Å². The number of nitrogens with two attached hydrogens (primary N) is 1. The van der Waals surface area contributed by atoms with E-state index in [-0.39, 0.29) is 0 Å². The van der Waals surface area contributed by atoms with Crippen molar-refractivity contribution in [2.45, 2.75) is 12.6 Å². The van der Waals surface area contributed by atoms with Gasteiger partial charge in [-0.1, -0.05) is 0 Å². The molecule has 0 amide bonds. The predicted octanol–water partition coefficient (Wildman–Crippen LogP) is 1.13. The van der Waals surface area contributed by atoms with Gasteiger partial charge in [0.25, 0.3) is 0 Å². The average Bonchev–Trinajstić information content (AvgIpc) is 2.23. The minimum atomic E-state index is -1.20. The van der Waals surface area contributed by atoms with E-state index >= 15 is 0 Å². The maximum Gasteiger partial charge on any atom is 0.340 e. The van der Waals surface area contributed by atoms with Crippen molar-refractivity contribution in [3.05, 3.63) is 35.1 Å². The molecule has 4 heteroatoms. The molecule has 1 heterocycles. The van der Waals surface area contributed by atoms with Crippen LogP contribution in [0.2, 0.25) is 0 Å². The number of ether oxygens (including phenoxy) is 1. The lowest BCUT2D eigenvalue weighted by molar-refractivity contribution is 0.00395. The lowest BCUT2D eigenvalue weighted by atomic mass is 10.0. The Morgan fingerprint density at radius 3 is 2.92 bits per heavy atom. The first-order valence-corrected chi connectivity index (χ1v) is 3.83. The molecule has 0 fully saturated rings. The molecule has 2 rings (SSSR count). The minimum absolute atomic E-state index is 0.339. The lowest BCUT2D eigenvalue weighted by Crippen LogP contribution is -2.32. The molecule has 0 bridgehead atoms. The Morgan fingerprint density at radius 2 is 2.23 bits per heavy atom. The molecule has 1 atom stereocenters. The van der Waals surface area contributed by atoms with E-state index in [1.54, 1.807) is 0 Å². The number of halogens is 1. The molecular weight excluding hydrogens is 173 g/mol. The van der Waals surface area contributed by atoms with Gasteiger partial charge in [0.1, 0.15) is 5.82 Å². The van der Waals surface area contributed by atoms with E-state index in [0.29, 0.717) is 11.1 Å². The Balaban J connectivity index is 2.66. The molecule has 3 nitrogen and oxygen atoms in total. The van der Waals surface area contributed by atoms with Crippen molar-refractivity contribution < 1.29 is 13.9 Å². The molecule has 1 aromatic carbocycles. The van der Waals surface area contributed by atoms with E-state index in [1.165, 1.54) is 25.1 Å². The Hall–Kier alpha value is -1.42. The van der Waals surface area contributed by atoms with Gasteiger partial charge in [0.05, 0.1) is 5.56 Å². The highest BCUT2D eigenvalue weighted by Crippen LogP contribution is 2.31. The fraction of sp³-hybridized carbons (Fsp3) is 0.222. The Kier molecular flexibility index (Phi) is 1.44. The number of carbonyl (C=O) groups excluding carboxylic acids is 1. The fourth-order valence-corrected chi connectivity index (χ4v) is 1.41. The fourth-order valence-electron chi connectivity index (χ4n) is 1.41. The highest BCUT2D eigenvalue weighted by Gasteiger charge is 2.38. The lowest BCUT2D eigenvalue weighted by Gasteiger charge is -2.16. The van der Waals surface area contributed by atoms with Crippen molar-refractivity contribution >= 4 is 5.97 Å². The summed E-state index contributed by atoms with van der Waals surface area (Å²) in [7, 11) is 0. The molecule has 0 saturated heterocycles. The van der Waals surface area contributed by atoms with Crippen LogP contribution in [0.1, 0.15) is 22.8 Å². The maximum atomic E-state index is 12.8. The van der Waals surface area contributed by atoms with Crippen LogP contribution in [0.25, 0.3) is 0 Å². The molecule has 1 unspecified atom stereocenters. The maximum absolute atomic E-state index is 12.8. The number of benzene rings is 1. The molecule has 0 aromatic heterocycles. The quantitative estimate of drug-likeness (QED) is 0.610. The van der Waals surface area contributed by atoms with Gasteiger partial charge in [-0.05, 0) is 25.1 Å². The molecule has 1 aliphatic rings. The molecule has 2 N–H and O–H groups in total. The van der Waals surface area contributed by atoms with Crippen LogP contribution in [0.4, 0.5) is 4.39 Å². The van der Waals surface area contributed by atoms with Crippen LogP contribution in [-0.4, -0.2) is 5.97 Å². The van der Waals surface area contributed by atoms with Gasteiger partial charge >= 0.3 is 5.97 Å². The van der Waals surface area contributed by atoms with Gasteiger partial charge in [-0.25, -0.2) is 9.18 Å². The number of cyclic esters (lactones) is 1. The van der Waals surface area contributed by atoms with Crippen LogP contribution >= 0.6 is 0 Å². The van der Waals surface area contributed by atoms with E-state index in [1.807, 2.05) is 0 Å². The molecule has 0 radical (unpaired) electrons. The monoisotopic (exact) mass is 181 g/mol. The van der Waals surface area contributed by atoms with Crippen molar-refractivity contribution in [3.8, 4) is 0 Å². The van der Waals surface area contributed by atoms with Crippen molar-refractivity contribution in [1.29, 1.82) is 0 Å². The number of esters is 1. The van der Waals surface area contributed by atoms with E-state index in [4.69, 9.17) is 10.5 Å². The molecule has 0 spiro atoms. The van der Waals surface area contributed by atoms with E-state index in [0.717, 1.165) is 0 Å². The number of carbonyl (C=O) groups is 1. The van der Waals surface area contributed by atoms with Gasteiger partial charge in [-0.15, -0.1) is 0 Å². The first-order chi connectivity index (χ1) is 6.00. The molecule has 68 valence electrons. The standard InChI is InChI=1S/C9H8FNO2/c1-9(11)7-4-5(10)2-3-6(7)8(12)13-9/h2-4H,11H2,1H3. The molecule has 1 aliphatic heterocycles. The second-order valence-corrected chi connectivity index (χ2v) is 3.19. The third-order valence-electron chi connectivity index (χ3n) is 2.04. The summed E-state index contributed by atoms with van der Waals surface area (Å²) in [5, 5.41) is 0. The second-order valence-electron chi connectivity index (χ2n) is 3.19. The first kappa shape index (κ1) is 8.19. The van der Waals surface area contributed by atoms with Gasteiger partial charge in [-0.3, -0.25) is 5.73 Å². The molecule has 0 saturated carbocycles. The van der Waals surface area contributed by atoms with Crippen LogP contribution in [0.5, 0.6) is 0 Å². The average molecular weight is 181 g/mol.